The van der Waals surface area contributed by atoms with E-state index >= 15 is 0 Å². The largest absolute Gasteiger partial charge is 0.352 e. The molecule has 0 aliphatic carbocycles. The van der Waals surface area contributed by atoms with Crippen LogP contribution in [0.2, 0.25) is 0 Å². The number of thiophene rings is 1. The summed E-state index contributed by atoms with van der Waals surface area (Å²) in [7, 11) is 1.79. The molecule has 0 atom stereocenters. The third-order valence-corrected chi connectivity index (χ3v) is 5.36. The van der Waals surface area contributed by atoms with Gasteiger partial charge in [0.15, 0.2) is 5.96 Å². The van der Waals surface area contributed by atoms with Crippen molar-refractivity contribution < 1.29 is 0 Å². The van der Waals surface area contributed by atoms with E-state index in [9.17, 15) is 0 Å². The lowest BCUT2D eigenvalue weighted by molar-refractivity contribution is 0.688. The van der Waals surface area contributed by atoms with Gasteiger partial charge in [0.1, 0.15) is 5.82 Å². The van der Waals surface area contributed by atoms with E-state index in [1.54, 1.807) is 7.05 Å². The van der Waals surface area contributed by atoms with Crippen LogP contribution in [-0.4, -0.2) is 22.6 Å². The van der Waals surface area contributed by atoms with Crippen molar-refractivity contribution in [3.8, 4) is 0 Å². The van der Waals surface area contributed by atoms with Crippen LogP contribution in [0.1, 0.15) is 28.1 Å². The van der Waals surface area contributed by atoms with Crippen LogP contribution in [0, 0.1) is 0 Å². The number of hydrogen-bond donors (Lipinski definition) is 2. The number of guanidine groups is 1. The van der Waals surface area contributed by atoms with Crippen molar-refractivity contribution >= 4 is 41.3 Å². The van der Waals surface area contributed by atoms with E-state index in [4.69, 9.17) is 0 Å². The predicted octanol–water partition coefficient (Wildman–Crippen LogP) is 4.04. The fourth-order valence-electron chi connectivity index (χ4n) is 2.69. The summed E-state index contributed by atoms with van der Waals surface area (Å²) in [5, 5.41) is 6.72. The van der Waals surface area contributed by atoms with Gasteiger partial charge in [0.05, 0.1) is 13.1 Å². The van der Waals surface area contributed by atoms with Gasteiger partial charge in [0, 0.05) is 35.7 Å². The van der Waals surface area contributed by atoms with Crippen LogP contribution in [0.5, 0.6) is 0 Å². The van der Waals surface area contributed by atoms with Gasteiger partial charge in [-0.1, -0.05) is 37.3 Å². The standard InChI is InChI=1S/C20H25N5S.HI/c1-3-17-9-10-18(26-17)13-23-20(21-2)24-14-19-22-11-12-25(19)15-16-7-5-4-6-8-16;/h4-12H,3,13-15H2,1-2H3,(H2,21,23,24);1H. The molecule has 0 amide bonds. The maximum Gasteiger partial charge on any atom is 0.191 e. The number of nitrogens with zero attached hydrogens (tertiary/aromatic N) is 3. The average molecular weight is 495 g/mol. The van der Waals surface area contributed by atoms with Gasteiger partial charge < -0.3 is 15.2 Å². The molecule has 7 heteroatoms. The Kier molecular flexibility index (Phi) is 8.80. The van der Waals surface area contributed by atoms with Crippen molar-refractivity contribution in [1.29, 1.82) is 0 Å². The molecule has 0 fully saturated rings. The molecule has 0 saturated carbocycles. The van der Waals surface area contributed by atoms with E-state index in [2.05, 4.69) is 68.5 Å². The molecule has 27 heavy (non-hydrogen) atoms. The molecule has 3 aromatic rings. The molecule has 1 aromatic carbocycles. The highest BCUT2D eigenvalue weighted by Crippen LogP contribution is 2.16. The quantitative estimate of drug-likeness (QED) is 0.296. The first-order valence-electron chi connectivity index (χ1n) is 8.84. The lowest BCUT2D eigenvalue weighted by Gasteiger charge is -2.12. The number of nitrogens with one attached hydrogen (secondary N) is 2. The molecule has 2 aromatic heterocycles. The minimum absolute atomic E-state index is 0. The van der Waals surface area contributed by atoms with Crippen molar-refractivity contribution in [2.24, 2.45) is 4.99 Å². The Morgan fingerprint density at radius 2 is 1.81 bits per heavy atom. The summed E-state index contributed by atoms with van der Waals surface area (Å²) in [5.74, 6) is 1.77. The topological polar surface area (TPSA) is 54.2 Å². The fraction of sp³-hybridized carbons (Fsp3) is 0.300. The third-order valence-electron chi connectivity index (χ3n) is 4.13. The van der Waals surface area contributed by atoms with E-state index in [1.165, 1.54) is 15.3 Å². The minimum atomic E-state index is 0. The molecule has 3 rings (SSSR count). The van der Waals surface area contributed by atoms with E-state index in [0.717, 1.165) is 31.3 Å². The van der Waals surface area contributed by atoms with Gasteiger partial charge in [-0.05, 0) is 24.1 Å². The molecule has 0 saturated heterocycles. The van der Waals surface area contributed by atoms with E-state index < -0.39 is 0 Å². The van der Waals surface area contributed by atoms with Crippen molar-refractivity contribution in [2.45, 2.75) is 33.0 Å². The first-order chi connectivity index (χ1) is 12.8. The zero-order chi connectivity index (χ0) is 18.2. The summed E-state index contributed by atoms with van der Waals surface area (Å²) in [4.78, 5) is 11.5. The Hall–Kier alpha value is -1.87. The number of imidazole rings is 1. The molecular formula is C20H26IN5S. The summed E-state index contributed by atoms with van der Waals surface area (Å²) >= 11 is 1.84. The molecular weight excluding hydrogens is 469 g/mol. The van der Waals surface area contributed by atoms with Gasteiger partial charge in [-0.15, -0.1) is 35.3 Å². The first kappa shape index (κ1) is 21.4. The van der Waals surface area contributed by atoms with Gasteiger partial charge in [-0.3, -0.25) is 4.99 Å². The molecule has 0 aliphatic heterocycles. The van der Waals surface area contributed by atoms with Crippen LogP contribution >= 0.6 is 35.3 Å². The number of halogens is 1. The van der Waals surface area contributed by atoms with Crippen LogP contribution in [0.15, 0.2) is 59.9 Å². The maximum atomic E-state index is 4.47. The molecule has 2 heterocycles. The Labute approximate surface area is 182 Å². The van der Waals surface area contributed by atoms with Crippen molar-refractivity contribution in [3.63, 3.8) is 0 Å². The fourth-order valence-corrected chi connectivity index (χ4v) is 3.59. The number of aromatic nitrogens is 2. The number of aryl methyl sites for hydroxylation is 1. The Morgan fingerprint density at radius 3 is 2.52 bits per heavy atom. The molecule has 144 valence electrons. The predicted molar refractivity (Wildman–Crippen MR) is 124 cm³/mol. The normalized spacial score (nSPS) is 11.1. The molecule has 0 bridgehead atoms. The van der Waals surface area contributed by atoms with E-state index in [-0.39, 0.29) is 24.0 Å². The van der Waals surface area contributed by atoms with Crippen LogP contribution in [0.25, 0.3) is 0 Å². The van der Waals surface area contributed by atoms with Crippen molar-refractivity contribution in [2.75, 3.05) is 7.05 Å². The second-order valence-corrected chi connectivity index (χ2v) is 7.21. The number of rotatable bonds is 7. The summed E-state index contributed by atoms with van der Waals surface area (Å²) in [6.07, 6.45) is 4.94. The molecule has 0 spiro atoms. The maximum absolute atomic E-state index is 4.47. The Morgan fingerprint density at radius 1 is 1.07 bits per heavy atom. The van der Waals surface area contributed by atoms with Gasteiger partial charge in [0.2, 0.25) is 0 Å². The van der Waals surface area contributed by atoms with Crippen molar-refractivity contribution in [3.05, 3.63) is 76.0 Å². The van der Waals surface area contributed by atoms with Gasteiger partial charge >= 0.3 is 0 Å². The number of benzene rings is 1. The second-order valence-electron chi connectivity index (χ2n) is 5.96. The smallest absolute Gasteiger partial charge is 0.191 e. The summed E-state index contributed by atoms with van der Waals surface area (Å²) in [6.45, 7) is 4.41. The minimum Gasteiger partial charge on any atom is -0.352 e. The van der Waals surface area contributed by atoms with Crippen LogP contribution in [0.4, 0.5) is 0 Å². The molecule has 0 aliphatic rings. The Balaban J connectivity index is 0.00000261. The molecule has 2 N–H and O–H groups in total. The molecule has 5 nitrogen and oxygen atoms in total. The number of hydrogen-bond acceptors (Lipinski definition) is 3. The number of aliphatic imine (C=N–C) groups is 1. The summed E-state index contributed by atoms with van der Waals surface area (Å²) in [5.41, 5.74) is 1.26. The lowest BCUT2D eigenvalue weighted by Crippen LogP contribution is -2.36. The van der Waals surface area contributed by atoms with Crippen LogP contribution < -0.4 is 10.6 Å². The van der Waals surface area contributed by atoms with Gasteiger partial charge in [-0.25, -0.2) is 4.98 Å². The van der Waals surface area contributed by atoms with Gasteiger partial charge in [-0.2, -0.15) is 0 Å². The second kappa shape index (κ2) is 11.1. The monoisotopic (exact) mass is 495 g/mol. The SMILES string of the molecule is CCc1ccc(CNC(=NC)NCc2nccn2Cc2ccccc2)s1.I. The third kappa shape index (κ3) is 6.35. The highest BCUT2D eigenvalue weighted by atomic mass is 127. The highest BCUT2D eigenvalue weighted by molar-refractivity contribution is 14.0. The zero-order valence-corrected chi connectivity index (χ0v) is 18.8. The average Bonchev–Trinajstić information content (AvgIpc) is 3.32. The summed E-state index contributed by atoms with van der Waals surface area (Å²) in [6, 6.07) is 14.8. The van der Waals surface area contributed by atoms with Gasteiger partial charge in [0.25, 0.3) is 0 Å². The first-order valence-corrected chi connectivity index (χ1v) is 9.66. The lowest BCUT2D eigenvalue weighted by atomic mass is 10.2. The molecule has 0 unspecified atom stereocenters. The van der Waals surface area contributed by atoms with Crippen molar-refractivity contribution in [1.82, 2.24) is 20.2 Å². The highest BCUT2D eigenvalue weighted by Gasteiger charge is 2.06. The van der Waals surface area contributed by atoms with Crippen LogP contribution in [0.3, 0.4) is 0 Å². The summed E-state index contributed by atoms with van der Waals surface area (Å²) < 4.78 is 2.16. The van der Waals surface area contributed by atoms with Crippen LogP contribution in [-0.2, 0) is 26.1 Å². The Bertz CT molecular complexity index is 841. The zero-order valence-electron chi connectivity index (χ0n) is 15.7. The molecule has 0 radical (unpaired) electrons. The van der Waals surface area contributed by atoms with E-state index in [1.807, 2.05) is 29.8 Å². The van der Waals surface area contributed by atoms with E-state index in [0.29, 0.717) is 6.54 Å².